The van der Waals surface area contributed by atoms with Crippen LogP contribution in [0.2, 0.25) is 0 Å². The van der Waals surface area contributed by atoms with Crippen molar-refractivity contribution in [3.63, 3.8) is 0 Å². The lowest BCUT2D eigenvalue weighted by Gasteiger charge is -2.20. The van der Waals surface area contributed by atoms with Gasteiger partial charge in [-0.05, 0) is 43.9 Å². The van der Waals surface area contributed by atoms with E-state index in [-0.39, 0.29) is 29.8 Å². The fraction of sp³-hybridized carbons (Fsp3) is 0.533. The van der Waals surface area contributed by atoms with Gasteiger partial charge in [-0.1, -0.05) is 12.1 Å². The number of benzene rings is 1. The van der Waals surface area contributed by atoms with E-state index in [2.05, 4.69) is 22.1 Å². The van der Waals surface area contributed by atoms with Crippen LogP contribution >= 0.6 is 24.0 Å². The highest BCUT2D eigenvalue weighted by Crippen LogP contribution is 2.11. The SMILES string of the molecule is CCNC(=NCc1ccc(C)c(F)c1)N1CCCC1.I. The summed E-state index contributed by atoms with van der Waals surface area (Å²) in [7, 11) is 0. The normalized spacial score (nSPS) is 15.2. The molecular formula is C15H23FIN3. The minimum Gasteiger partial charge on any atom is -0.357 e. The summed E-state index contributed by atoms with van der Waals surface area (Å²) in [4.78, 5) is 6.87. The summed E-state index contributed by atoms with van der Waals surface area (Å²) in [6.45, 7) is 7.35. The van der Waals surface area contributed by atoms with Gasteiger partial charge in [0.1, 0.15) is 5.82 Å². The van der Waals surface area contributed by atoms with Crippen molar-refractivity contribution in [3.8, 4) is 0 Å². The number of hydrogen-bond acceptors (Lipinski definition) is 1. The van der Waals surface area contributed by atoms with E-state index in [4.69, 9.17) is 0 Å². The molecular weight excluding hydrogens is 368 g/mol. The summed E-state index contributed by atoms with van der Waals surface area (Å²) in [6.07, 6.45) is 2.45. The number of aliphatic imine (C=N–C) groups is 1. The van der Waals surface area contributed by atoms with E-state index in [9.17, 15) is 4.39 Å². The molecule has 1 aromatic carbocycles. The van der Waals surface area contributed by atoms with Gasteiger partial charge in [0.2, 0.25) is 0 Å². The average molecular weight is 391 g/mol. The molecule has 0 aromatic heterocycles. The lowest BCUT2D eigenvalue weighted by atomic mass is 10.1. The molecule has 0 aliphatic carbocycles. The first kappa shape index (κ1) is 17.2. The first-order valence-corrected chi connectivity index (χ1v) is 6.99. The van der Waals surface area contributed by atoms with Crippen LogP contribution < -0.4 is 5.32 Å². The number of nitrogens with one attached hydrogen (secondary N) is 1. The Kier molecular flexibility index (Phi) is 7.26. The van der Waals surface area contributed by atoms with Gasteiger partial charge in [-0.2, -0.15) is 0 Å². The van der Waals surface area contributed by atoms with Crippen LogP contribution in [0.1, 0.15) is 30.9 Å². The summed E-state index contributed by atoms with van der Waals surface area (Å²) in [5, 5.41) is 3.30. The first-order chi connectivity index (χ1) is 9.20. The molecule has 0 radical (unpaired) electrons. The number of hydrogen-bond donors (Lipinski definition) is 1. The molecule has 2 rings (SSSR count). The number of likely N-dealkylation sites (tertiary alicyclic amines) is 1. The standard InChI is InChI=1S/C15H22FN3.HI/c1-3-17-15(19-8-4-5-9-19)18-11-13-7-6-12(2)14(16)10-13;/h6-7,10H,3-5,8-9,11H2,1-2H3,(H,17,18);1H. The van der Waals surface area contributed by atoms with E-state index in [1.54, 1.807) is 13.0 Å². The van der Waals surface area contributed by atoms with Crippen LogP contribution in [0, 0.1) is 12.7 Å². The minimum atomic E-state index is -0.154. The van der Waals surface area contributed by atoms with Crippen molar-refractivity contribution < 1.29 is 4.39 Å². The molecule has 0 saturated carbocycles. The highest BCUT2D eigenvalue weighted by molar-refractivity contribution is 14.0. The lowest BCUT2D eigenvalue weighted by molar-refractivity contribution is 0.493. The second-order valence-electron chi connectivity index (χ2n) is 4.95. The number of aryl methyl sites for hydroxylation is 1. The molecule has 20 heavy (non-hydrogen) atoms. The third-order valence-electron chi connectivity index (χ3n) is 3.39. The summed E-state index contributed by atoms with van der Waals surface area (Å²) in [5.74, 6) is 0.792. The molecule has 1 aliphatic heterocycles. The Hall–Kier alpha value is -0.850. The Morgan fingerprint density at radius 1 is 1.35 bits per heavy atom. The molecule has 0 unspecified atom stereocenters. The van der Waals surface area contributed by atoms with Gasteiger partial charge in [0.05, 0.1) is 6.54 Å². The molecule has 1 aromatic rings. The van der Waals surface area contributed by atoms with Crippen LogP contribution in [0.5, 0.6) is 0 Å². The van der Waals surface area contributed by atoms with Crippen molar-refractivity contribution in [2.24, 2.45) is 4.99 Å². The summed E-state index contributed by atoms with van der Waals surface area (Å²) in [6, 6.07) is 5.32. The molecule has 0 spiro atoms. The van der Waals surface area contributed by atoms with E-state index < -0.39 is 0 Å². The van der Waals surface area contributed by atoms with Gasteiger partial charge < -0.3 is 10.2 Å². The molecule has 1 saturated heterocycles. The molecule has 5 heteroatoms. The van der Waals surface area contributed by atoms with Crippen molar-refractivity contribution in [1.82, 2.24) is 10.2 Å². The van der Waals surface area contributed by atoms with Crippen molar-refractivity contribution in [3.05, 3.63) is 35.1 Å². The maximum Gasteiger partial charge on any atom is 0.194 e. The highest BCUT2D eigenvalue weighted by Gasteiger charge is 2.15. The molecule has 0 atom stereocenters. The van der Waals surface area contributed by atoms with Crippen LogP contribution in [-0.4, -0.2) is 30.5 Å². The van der Waals surface area contributed by atoms with E-state index in [0.29, 0.717) is 12.1 Å². The van der Waals surface area contributed by atoms with Crippen molar-refractivity contribution >= 4 is 29.9 Å². The molecule has 112 valence electrons. The Balaban J connectivity index is 0.00000200. The van der Waals surface area contributed by atoms with E-state index in [1.807, 2.05) is 12.1 Å². The van der Waals surface area contributed by atoms with Crippen molar-refractivity contribution in [2.75, 3.05) is 19.6 Å². The second-order valence-corrected chi connectivity index (χ2v) is 4.95. The quantitative estimate of drug-likeness (QED) is 0.487. The smallest absolute Gasteiger partial charge is 0.194 e. The fourth-order valence-electron chi connectivity index (χ4n) is 2.26. The Bertz CT molecular complexity index is 456. The first-order valence-electron chi connectivity index (χ1n) is 6.99. The molecule has 1 fully saturated rings. The fourth-order valence-corrected chi connectivity index (χ4v) is 2.26. The molecule has 0 bridgehead atoms. The zero-order valence-electron chi connectivity index (χ0n) is 12.2. The van der Waals surface area contributed by atoms with Crippen LogP contribution in [0.25, 0.3) is 0 Å². The second kappa shape index (κ2) is 8.44. The topological polar surface area (TPSA) is 27.6 Å². The van der Waals surface area contributed by atoms with E-state index in [0.717, 1.165) is 31.2 Å². The Labute approximate surface area is 137 Å². The van der Waals surface area contributed by atoms with Gasteiger partial charge in [0, 0.05) is 19.6 Å². The number of rotatable bonds is 3. The zero-order chi connectivity index (χ0) is 13.7. The Morgan fingerprint density at radius 2 is 2.05 bits per heavy atom. The molecule has 1 aliphatic rings. The van der Waals surface area contributed by atoms with Crippen molar-refractivity contribution in [1.29, 1.82) is 0 Å². The van der Waals surface area contributed by atoms with Crippen LogP contribution in [0.15, 0.2) is 23.2 Å². The maximum absolute atomic E-state index is 13.5. The van der Waals surface area contributed by atoms with Gasteiger partial charge in [-0.3, -0.25) is 0 Å². The van der Waals surface area contributed by atoms with Crippen molar-refractivity contribution in [2.45, 2.75) is 33.2 Å². The van der Waals surface area contributed by atoms with E-state index >= 15 is 0 Å². The summed E-state index contributed by atoms with van der Waals surface area (Å²) < 4.78 is 13.5. The van der Waals surface area contributed by atoms with E-state index in [1.165, 1.54) is 12.8 Å². The molecule has 0 amide bonds. The Morgan fingerprint density at radius 3 is 2.65 bits per heavy atom. The average Bonchev–Trinajstić information content (AvgIpc) is 2.92. The summed E-state index contributed by atoms with van der Waals surface area (Å²) >= 11 is 0. The lowest BCUT2D eigenvalue weighted by Crippen LogP contribution is -2.39. The summed E-state index contributed by atoms with van der Waals surface area (Å²) in [5.41, 5.74) is 1.59. The largest absolute Gasteiger partial charge is 0.357 e. The number of halogens is 2. The molecule has 1 N–H and O–H groups in total. The van der Waals surface area contributed by atoms with Gasteiger partial charge >= 0.3 is 0 Å². The number of nitrogens with zero attached hydrogens (tertiary/aromatic N) is 2. The minimum absolute atomic E-state index is 0. The molecule has 3 nitrogen and oxygen atoms in total. The van der Waals surface area contributed by atoms with Gasteiger partial charge in [0.15, 0.2) is 5.96 Å². The van der Waals surface area contributed by atoms with Gasteiger partial charge in [-0.25, -0.2) is 9.38 Å². The van der Waals surface area contributed by atoms with Gasteiger partial charge in [-0.15, -0.1) is 24.0 Å². The number of guanidine groups is 1. The zero-order valence-corrected chi connectivity index (χ0v) is 14.5. The molecule has 1 heterocycles. The third kappa shape index (κ3) is 4.61. The maximum atomic E-state index is 13.5. The predicted molar refractivity (Wildman–Crippen MR) is 92.2 cm³/mol. The highest BCUT2D eigenvalue weighted by atomic mass is 127. The monoisotopic (exact) mass is 391 g/mol. The van der Waals surface area contributed by atoms with Crippen LogP contribution in [-0.2, 0) is 6.54 Å². The van der Waals surface area contributed by atoms with Crippen LogP contribution in [0.3, 0.4) is 0 Å². The predicted octanol–water partition coefficient (Wildman–Crippen LogP) is 3.31. The van der Waals surface area contributed by atoms with Crippen LogP contribution in [0.4, 0.5) is 4.39 Å². The third-order valence-corrected chi connectivity index (χ3v) is 3.39. The van der Waals surface area contributed by atoms with Gasteiger partial charge in [0.25, 0.3) is 0 Å².